The van der Waals surface area contributed by atoms with Gasteiger partial charge in [0.2, 0.25) is 0 Å². The SMILES string of the molecule is COc1ccc2c3c(c4cc(OC)c(OC)cc4c2c1)C[C@H]1CN(CC(C)C)CN1C3. The Balaban J connectivity index is 1.71. The molecule has 0 bridgehead atoms. The second kappa shape index (κ2) is 7.88. The standard InChI is InChI=1S/C26H32N2O3/c1-16(2)12-27-13-17-8-20-22-10-25(30-4)26(31-5)11-23(22)21-9-18(29-3)6-7-19(21)24(20)14-28(17)15-27/h6-7,9-11,16-17H,8,12-15H2,1-5H3/t17-/m0/s1. The van der Waals surface area contributed by atoms with Crippen molar-refractivity contribution in [2.45, 2.75) is 32.9 Å². The molecule has 0 aliphatic carbocycles. The second-order valence-corrected chi connectivity index (χ2v) is 9.30. The largest absolute Gasteiger partial charge is 0.497 e. The average molecular weight is 421 g/mol. The molecular formula is C26H32N2O3. The monoisotopic (exact) mass is 420 g/mol. The molecule has 31 heavy (non-hydrogen) atoms. The molecule has 2 aliphatic rings. The van der Waals surface area contributed by atoms with E-state index >= 15 is 0 Å². The summed E-state index contributed by atoms with van der Waals surface area (Å²) in [6.45, 7) is 8.96. The number of hydrogen-bond acceptors (Lipinski definition) is 5. The summed E-state index contributed by atoms with van der Waals surface area (Å²) in [5.41, 5.74) is 2.90. The van der Waals surface area contributed by atoms with Crippen molar-refractivity contribution in [3.8, 4) is 17.2 Å². The zero-order chi connectivity index (χ0) is 21.7. The van der Waals surface area contributed by atoms with Gasteiger partial charge < -0.3 is 14.2 Å². The Morgan fingerprint density at radius 1 is 0.871 bits per heavy atom. The fourth-order valence-electron chi connectivity index (χ4n) is 5.53. The topological polar surface area (TPSA) is 34.2 Å². The molecule has 1 atom stereocenters. The van der Waals surface area contributed by atoms with Gasteiger partial charge >= 0.3 is 0 Å². The molecular weight excluding hydrogens is 388 g/mol. The molecule has 0 radical (unpaired) electrons. The van der Waals surface area contributed by atoms with Gasteiger partial charge in [-0.25, -0.2) is 0 Å². The third-order valence-corrected chi connectivity index (χ3v) is 6.85. The van der Waals surface area contributed by atoms with Crippen LogP contribution in [0.15, 0.2) is 30.3 Å². The molecule has 0 aromatic heterocycles. The summed E-state index contributed by atoms with van der Waals surface area (Å²) in [5, 5.41) is 5.01. The van der Waals surface area contributed by atoms with Crippen molar-refractivity contribution in [2.24, 2.45) is 5.92 Å². The van der Waals surface area contributed by atoms with Gasteiger partial charge in [-0.1, -0.05) is 19.9 Å². The van der Waals surface area contributed by atoms with Crippen LogP contribution in [0.4, 0.5) is 0 Å². The first-order chi connectivity index (χ1) is 15.0. The van der Waals surface area contributed by atoms with Crippen LogP contribution in [0.5, 0.6) is 17.2 Å². The lowest BCUT2D eigenvalue weighted by molar-refractivity contribution is 0.197. The molecule has 3 aromatic carbocycles. The predicted molar refractivity (Wildman–Crippen MR) is 125 cm³/mol. The highest BCUT2D eigenvalue weighted by atomic mass is 16.5. The third-order valence-electron chi connectivity index (χ3n) is 6.85. The quantitative estimate of drug-likeness (QED) is 0.560. The van der Waals surface area contributed by atoms with Gasteiger partial charge in [-0.3, -0.25) is 9.80 Å². The normalized spacial score (nSPS) is 19.1. The first-order valence-corrected chi connectivity index (χ1v) is 11.2. The summed E-state index contributed by atoms with van der Waals surface area (Å²) in [6, 6.07) is 11.3. The Kier molecular flexibility index (Phi) is 5.19. The maximum absolute atomic E-state index is 5.67. The lowest BCUT2D eigenvalue weighted by Crippen LogP contribution is -2.36. The summed E-state index contributed by atoms with van der Waals surface area (Å²) in [6.07, 6.45) is 1.07. The zero-order valence-electron chi connectivity index (χ0n) is 19.2. The fourth-order valence-corrected chi connectivity index (χ4v) is 5.53. The van der Waals surface area contributed by atoms with E-state index in [9.17, 15) is 0 Å². The van der Waals surface area contributed by atoms with E-state index in [2.05, 4.69) is 54.0 Å². The average Bonchev–Trinajstić information content (AvgIpc) is 3.17. The Labute approximate surface area is 184 Å². The molecule has 0 amide bonds. The molecule has 2 heterocycles. The minimum atomic E-state index is 0.568. The van der Waals surface area contributed by atoms with Crippen molar-refractivity contribution in [3.63, 3.8) is 0 Å². The molecule has 164 valence electrons. The predicted octanol–water partition coefficient (Wildman–Crippen LogP) is 4.67. The number of hydrogen-bond donors (Lipinski definition) is 0. The Morgan fingerprint density at radius 2 is 1.58 bits per heavy atom. The van der Waals surface area contributed by atoms with Gasteiger partial charge in [0, 0.05) is 25.7 Å². The maximum Gasteiger partial charge on any atom is 0.161 e. The molecule has 5 nitrogen and oxygen atoms in total. The summed E-state index contributed by atoms with van der Waals surface area (Å²) in [5.74, 6) is 3.12. The molecule has 0 unspecified atom stereocenters. The highest BCUT2D eigenvalue weighted by Crippen LogP contribution is 2.43. The number of rotatable bonds is 5. The van der Waals surface area contributed by atoms with Crippen molar-refractivity contribution < 1.29 is 14.2 Å². The lowest BCUT2D eigenvalue weighted by Gasteiger charge is -2.32. The number of nitrogens with zero attached hydrogens (tertiary/aromatic N) is 2. The Hall–Kier alpha value is -2.50. The smallest absolute Gasteiger partial charge is 0.161 e. The number of ether oxygens (including phenoxy) is 3. The zero-order valence-corrected chi connectivity index (χ0v) is 19.2. The molecule has 5 heteroatoms. The molecule has 1 saturated heterocycles. The van der Waals surface area contributed by atoms with E-state index in [0.717, 1.165) is 50.0 Å². The first kappa shape index (κ1) is 20.4. The second-order valence-electron chi connectivity index (χ2n) is 9.30. The fraction of sp³-hybridized carbons (Fsp3) is 0.462. The third kappa shape index (κ3) is 3.40. The first-order valence-electron chi connectivity index (χ1n) is 11.2. The minimum absolute atomic E-state index is 0.568. The van der Waals surface area contributed by atoms with Crippen LogP contribution in [0.3, 0.4) is 0 Å². The van der Waals surface area contributed by atoms with E-state index in [0.29, 0.717) is 12.0 Å². The van der Waals surface area contributed by atoms with Gasteiger partial charge in [0.25, 0.3) is 0 Å². The van der Waals surface area contributed by atoms with Gasteiger partial charge in [-0.05, 0) is 69.3 Å². The van der Waals surface area contributed by atoms with E-state index in [-0.39, 0.29) is 0 Å². The van der Waals surface area contributed by atoms with E-state index < -0.39 is 0 Å². The number of fused-ring (bicyclic) bond motifs is 7. The van der Waals surface area contributed by atoms with Gasteiger partial charge in [0.05, 0.1) is 28.0 Å². The van der Waals surface area contributed by atoms with Crippen LogP contribution in [0.25, 0.3) is 21.5 Å². The van der Waals surface area contributed by atoms with Crippen molar-refractivity contribution in [1.82, 2.24) is 9.80 Å². The van der Waals surface area contributed by atoms with Crippen LogP contribution in [-0.4, -0.2) is 56.9 Å². The highest BCUT2D eigenvalue weighted by molar-refractivity contribution is 6.12. The van der Waals surface area contributed by atoms with Crippen LogP contribution >= 0.6 is 0 Å². The Bertz CT molecular complexity index is 1140. The van der Waals surface area contributed by atoms with Crippen molar-refractivity contribution in [3.05, 3.63) is 41.5 Å². The van der Waals surface area contributed by atoms with Crippen molar-refractivity contribution in [1.29, 1.82) is 0 Å². The maximum atomic E-state index is 5.67. The summed E-state index contributed by atoms with van der Waals surface area (Å²) in [4.78, 5) is 5.26. The minimum Gasteiger partial charge on any atom is -0.497 e. The van der Waals surface area contributed by atoms with E-state index in [1.54, 1.807) is 21.3 Å². The van der Waals surface area contributed by atoms with Gasteiger partial charge in [0.15, 0.2) is 11.5 Å². The van der Waals surface area contributed by atoms with Gasteiger partial charge in [-0.15, -0.1) is 0 Å². The van der Waals surface area contributed by atoms with E-state index in [1.807, 2.05) is 0 Å². The van der Waals surface area contributed by atoms with Gasteiger partial charge in [0.1, 0.15) is 5.75 Å². The van der Waals surface area contributed by atoms with E-state index in [1.165, 1.54) is 32.7 Å². The highest BCUT2D eigenvalue weighted by Gasteiger charge is 2.36. The molecule has 0 saturated carbocycles. The summed E-state index contributed by atoms with van der Waals surface area (Å²) in [7, 11) is 5.14. The van der Waals surface area contributed by atoms with Crippen LogP contribution in [0.1, 0.15) is 25.0 Å². The molecule has 5 rings (SSSR count). The van der Waals surface area contributed by atoms with Gasteiger partial charge in [-0.2, -0.15) is 0 Å². The van der Waals surface area contributed by atoms with Crippen LogP contribution < -0.4 is 14.2 Å². The molecule has 0 spiro atoms. The van der Waals surface area contributed by atoms with Crippen LogP contribution in [-0.2, 0) is 13.0 Å². The number of methoxy groups -OCH3 is 3. The molecule has 1 fully saturated rings. The lowest BCUT2D eigenvalue weighted by atomic mass is 9.85. The van der Waals surface area contributed by atoms with Crippen molar-refractivity contribution >= 4 is 21.5 Å². The van der Waals surface area contributed by atoms with Crippen molar-refractivity contribution in [2.75, 3.05) is 41.1 Å². The van der Waals surface area contributed by atoms with E-state index in [4.69, 9.17) is 14.2 Å². The number of benzene rings is 3. The van der Waals surface area contributed by atoms with Crippen LogP contribution in [0.2, 0.25) is 0 Å². The summed E-state index contributed by atoms with van der Waals surface area (Å²) >= 11 is 0. The summed E-state index contributed by atoms with van der Waals surface area (Å²) < 4.78 is 16.9. The molecule has 0 N–H and O–H groups in total. The molecule has 2 aliphatic heterocycles. The Morgan fingerprint density at radius 3 is 2.26 bits per heavy atom. The van der Waals surface area contributed by atoms with Crippen LogP contribution in [0, 0.1) is 5.92 Å². The molecule has 3 aromatic rings.